The van der Waals surface area contributed by atoms with E-state index in [4.69, 9.17) is 4.18 Å². The minimum atomic E-state index is -4.15. The summed E-state index contributed by atoms with van der Waals surface area (Å²) in [6.45, 7) is -0.324. The molecule has 2 N–H and O–H groups in total. The number of hydrogen-bond acceptors (Lipinski definition) is 6. The molecule has 4 aromatic carbocycles. The van der Waals surface area contributed by atoms with Crippen LogP contribution in [0.15, 0.2) is 71.6 Å². The van der Waals surface area contributed by atoms with Crippen molar-refractivity contribution in [2.45, 2.75) is 11.5 Å². The maximum absolute atomic E-state index is 13.2. The Labute approximate surface area is 174 Å². The molecule has 0 amide bonds. The molecule has 4 rings (SSSR count). The van der Waals surface area contributed by atoms with Gasteiger partial charge in [-0.2, -0.15) is 8.42 Å². The van der Waals surface area contributed by atoms with Crippen molar-refractivity contribution in [3.05, 3.63) is 72.3 Å². The number of benzene rings is 4. The van der Waals surface area contributed by atoms with E-state index in [2.05, 4.69) is 0 Å². The highest BCUT2D eigenvalue weighted by Gasteiger charge is 2.22. The Hall–Kier alpha value is -3.29. The lowest BCUT2D eigenvalue weighted by Gasteiger charge is -2.17. The lowest BCUT2D eigenvalue weighted by molar-refractivity contribution is 0.276. The summed E-state index contributed by atoms with van der Waals surface area (Å²) in [5.41, 5.74) is 1.25. The van der Waals surface area contributed by atoms with Crippen LogP contribution >= 0.6 is 0 Å². The first-order valence-corrected chi connectivity index (χ1v) is 10.7. The molecule has 0 heterocycles. The quantitative estimate of drug-likeness (QED) is 0.472. The first-order valence-electron chi connectivity index (χ1n) is 9.31. The lowest BCUT2D eigenvalue weighted by atomic mass is 10.1. The lowest BCUT2D eigenvalue weighted by Crippen LogP contribution is -2.12. The standard InChI is InChI=1S/C23H21NO5S/c1-24(2)20-9-4-8-18-17(20)7-5-11-23(18)30(27,28)29-22-10-3-6-15-12-16(14-25)21(26)13-19(15)22/h3-13,25-26H,14H2,1-2H3. The van der Waals surface area contributed by atoms with Crippen molar-refractivity contribution in [2.24, 2.45) is 0 Å². The fraction of sp³-hybridized carbons (Fsp3) is 0.130. The van der Waals surface area contributed by atoms with E-state index in [-0.39, 0.29) is 23.0 Å². The molecule has 0 aliphatic carbocycles. The van der Waals surface area contributed by atoms with E-state index >= 15 is 0 Å². The highest BCUT2D eigenvalue weighted by atomic mass is 32.2. The summed E-state index contributed by atoms with van der Waals surface area (Å²) in [5, 5.41) is 21.9. The third kappa shape index (κ3) is 3.42. The molecule has 154 valence electrons. The molecule has 4 aromatic rings. The van der Waals surface area contributed by atoms with Crippen molar-refractivity contribution < 1.29 is 22.8 Å². The number of rotatable bonds is 5. The average Bonchev–Trinajstić information content (AvgIpc) is 2.72. The van der Waals surface area contributed by atoms with Crippen molar-refractivity contribution in [1.82, 2.24) is 0 Å². The van der Waals surface area contributed by atoms with Gasteiger partial charge in [0.2, 0.25) is 0 Å². The minimum Gasteiger partial charge on any atom is -0.508 e. The predicted octanol–water partition coefficient (Wildman–Crippen LogP) is 4.02. The van der Waals surface area contributed by atoms with E-state index in [0.717, 1.165) is 11.1 Å². The van der Waals surface area contributed by atoms with Gasteiger partial charge in [-0.1, -0.05) is 36.4 Å². The number of aromatic hydroxyl groups is 1. The van der Waals surface area contributed by atoms with Gasteiger partial charge >= 0.3 is 10.1 Å². The van der Waals surface area contributed by atoms with Crippen LogP contribution in [0.25, 0.3) is 21.5 Å². The Kier molecular flexibility index (Phi) is 5.01. The molecule has 0 atom stereocenters. The third-order valence-corrected chi connectivity index (χ3v) is 6.31. The van der Waals surface area contributed by atoms with E-state index in [1.165, 1.54) is 18.2 Å². The molecule has 7 heteroatoms. The maximum atomic E-state index is 13.2. The van der Waals surface area contributed by atoms with Crippen molar-refractivity contribution >= 4 is 37.4 Å². The third-order valence-electron chi connectivity index (χ3n) is 5.02. The van der Waals surface area contributed by atoms with Gasteiger partial charge in [-0.15, -0.1) is 0 Å². The highest BCUT2D eigenvalue weighted by Crippen LogP contribution is 2.35. The molecule has 0 unspecified atom stereocenters. The second-order valence-electron chi connectivity index (χ2n) is 7.18. The second-order valence-corrected chi connectivity index (χ2v) is 8.69. The van der Waals surface area contributed by atoms with E-state index < -0.39 is 10.1 Å². The van der Waals surface area contributed by atoms with Crippen LogP contribution in [0.1, 0.15) is 5.56 Å². The zero-order valence-electron chi connectivity index (χ0n) is 16.5. The van der Waals surface area contributed by atoms with Crippen LogP contribution in [0.3, 0.4) is 0 Å². The van der Waals surface area contributed by atoms with Gasteiger partial charge < -0.3 is 19.3 Å². The normalized spacial score (nSPS) is 11.7. The summed E-state index contributed by atoms with van der Waals surface area (Å²) >= 11 is 0. The largest absolute Gasteiger partial charge is 0.508 e. The first-order chi connectivity index (χ1) is 14.3. The summed E-state index contributed by atoms with van der Waals surface area (Å²) in [6.07, 6.45) is 0. The zero-order valence-corrected chi connectivity index (χ0v) is 17.3. The summed E-state index contributed by atoms with van der Waals surface area (Å²) in [6, 6.07) is 18.5. The molecule has 0 aliphatic rings. The molecule has 30 heavy (non-hydrogen) atoms. The van der Waals surface area contributed by atoms with Crippen LogP contribution in [0, 0.1) is 0 Å². The number of hydrogen-bond donors (Lipinski definition) is 2. The average molecular weight is 423 g/mol. The summed E-state index contributed by atoms with van der Waals surface area (Å²) in [4.78, 5) is 1.99. The molecule has 0 aromatic heterocycles. The predicted molar refractivity (Wildman–Crippen MR) is 118 cm³/mol. The Morgan fingerprint density at radius 3 is 2.33 bits per heavy atom. The first kappa shape index (κ1) is 20.0. The summed E-state index contributed by atoms with van der Waals surface area (Å²) in [7, 11) is -0.355. The maximum Gasteiger partial charge on any atom is 0.339 e. The molecule has 0 saturated heterocycles. The molecule has 0 aliphatic heterocycles. The Bertz CT molecular complexity index is 1360. The second kappa shape index (κ2) is 7.51. The van der Waals surface area contributed by atoms with Crippen LogP contribution in [0.5, 0.6) is 11.5 Å². The van der Waals surface area contributed by atoms with Crippen molar-refractivity contribution in [3.63, 3.8) is 0 Å². The SMILES string of the molecule is CN(C)c1cccc2c(S(=O)(=O)Oc3cccc4cc(CO)c(O)cc34)cccc12. The van der Waals surface area contributed by atoms with E-state index in [1.807, 2.05) is 37.2 Å². The molecular formula is C23H21NO5S. The Balaban J connectivity index is 1.85. The van der Waals surface area contributed by atoms with Gasteiger partial charge in [-0.05, 0) is 35.7 Å². The molecule has 6 nitrogen and oxygen atoms in total. The molecule has 0 bridgehead atoms. The fourth-order valence-electron chi connectivity index (χ4n) is 3.57. The fourth-order valence-corrected chi connectivity index (χ4v) is 4.73. The van der Waals surface area contributed by atoms with Gasteiger partial charge in [0.25, 0.3) is 0 Å². The van der Waals surface area contributed by atoms with Gasteiger partial charge in [-0.25, -0.2) is 0 Å². The summed E-state index contributed by atoms with van der Waals surface area (Å²) in [5.74, 6) is -0.0210. The van der Waals surface area contributed by atoms with E-state index in [9.17, 15) is 18.6 Å². The monoisotopic (exact) mass is 423 g/mol. The van der Waals surface area contributed by atoms with Crippen molar-refractivity contribution in [3.8, 4) is 11.5 Å². The van der Waals surface area contributed by atoms with Crippen LogP contribution < -0.4 is 9.08 Å². The van der Waals surface area contributed by atoms with Gasteiger partial charge in [-0.3, -0.25) is 0 Å². The van der Waals surface area contributed by atoms with Crippen LogP contribution in [-0.2, 0) is 16.7 Å². The van der Waals surface area contributed by atoms with Crippen molar-refractivity contribution in [2.75, 3.05) is 19.0 Å². The van der Waals surface area contributed by atoms with E-state index in [1.54, 1.807) is 30.3 Å². The number of nitrogens with zero attached hydrogens (tertiary/aromatic N) is 1. The molecule has 0 radical (unpaired) electrons. The Morgan fingerprint density at radius 1 is 0.900 bits per heavy atom. The molecule has 0 spiro atoms. The Morgan fingerprint density at radius 2 is 1.60 bits per heavy atom. The highest BCUT2D eigenvalue weighted by molar-refractivity contribution is 7.87. The van der Waals surface area contributed by atoms with Gasteiger partial charge in [0, 0.05) is 41.5 Å². The minimum absolute atomic E-state index is 0.0666. The zero-order chi connectivity index (χ0) is 21.5. The summed E-state index contributed by atoms with van der Waals surface area (Å²) < 4.78 is 31.9. The number of fused-ring (bicyclic) bond motifs is 2. The molecule has 0 fully saturated rings. The number of phenols is 1. The molecular weight excluding hydrogens is 402 g/mol. The topological polar surface area (TPSA) is 87.1 Å². The number of aliphatic hydroxyl groups is 1. The van der Waals surface area contributed by atoms with Gasteiger partial charge in [0.1, 0.15) is 10.6 Å². The van der Waals surface area contributed by atoms with E-state index in [0.29, 0.717) is 21.7 Å². The molecule has 0 saturated carbocycles. The van der Waals surface area contributed by atoms with Crippen molar-refractivity contribution in [1.29, 1.82) is 0 Å². The van der Waals surface area contributed by atoms with Gasteiger partial charge in [0.05, 0.1) is 6.61 Å². The van der Waals surface area contributed by atoms with Crippen LogP contribution in [0.2, 0.25) is 0 Å². The van der Waals surface area contributed by atoms with Gasteiger partial charge in [0.15, 0.2) is 5.75 Å². The van der Waals surface area contributed by atoms with Crippen LogP contribution in [0.4, 0.5) is 5.69 Å². The van der Waals surface area contributed by atoms with Crippen LogP contribution in [-0.4, -0.2) is 32.7 Å². The smallest absolute Gasteiger partial charge is 0.339 e. The number of aliphatic hydroxyl groups excluding tert-OH is 1. The number of anilines is 1.